The van der Waals surface area contributed by atoms with Gasteiger partial charge in [-0.25, -0.2) is 0 Å². The van der Waals surface area contributed by atoms with Crippen LogP contribution in [0.4, 0.5) is 0 Å². The molecule has 3 saturated carbocycles. The van der Waals surface area contributed by atoms with Crippen LogP contribution in [0.1, 0.15) is 98.8 Å². The van der Waals surface area contributed by atoms with Crippen molar-refractivity contribution in [2.24, 2.45) is 46.3 Å². The van der Waals surface area contributed by atoms with Crippen molar-refractivity contribution in [3.8, 4) is 0 Å². The van der Waals surface area contributed by atoms with E-state index < -0.39 is 0 Å². The summed E-state index contributed by atoms with van der Waals surface area (Å²) in [6.07, 6.45) is 21.8. The standard InChI is InChI=1S/C27H44/c1-19(2)9-8-10-20(3)23-14-15-24-22-13-12-21-11-6-7-17-26(21,4)25(22)16-18-27(23,24)5/h6-7,11,19-20,22-25H,8-10,12-18H2,1-5H3/t20-,22-,23+,24-,25-,26+,27+/m1/s1. The predicted octanol–water partition coefficient (Wildman–Crippen LogP) is 8.19. The van der Waals surface area contributed by atoms with Crippen LogP contribution in [0.5, 0.6) is 0 Å². The van der Waals surface area contributed by atoms with Gasteiger partial charge in [-0.3, -0.25) is 0 Å². The Morgan fingerprint density at radius 2 is 1.81 bits per heavy atom. The van der Waals surface area contributed by atoms with Crippen molar-refractivity contribution < 1.29 is 0 Å². The van der Waals surface area contributed by atoms with Gasteiger partial charge in [0.25, 0.3) is 0 Å². The van der Waals surface area contributed by atoms with Crippen LogP contribution in [-0.2, 0) is 0 Å². The van der Waals surface area contributed by atoms with Crippen molar-refractivity contribution in [3.05, 3.63) is 23.8 Å². The summed E-state index contributed by atoms with van der Waals surface area (Å²) in [5.41, 5.74) is 2.91. The number of fused-ring (bicyclic) bond motifs is 5. The van der Waals surface area contributed by atoms with Crippen molar-refractivity contribution in [2.45, 2.75) is 98.8 Å². The molecule has 0 aromatic carbocycles. The second-order valence-corrected chi connectivity index (χ2v) is 11.7. The van der Waals surface area contributed by atoms with E-state index >= 15 is 0 Å². The van der Waals surface area contributed by atoms with Gasteiger partial charge in [0.2, 0.25) is 0 Å². The molecule has 152 valence electrons. The molecule has 3 fully saturated rings. The van der Waals surface area contributed by atoms with E-state index in [0.717, 1.165) is 35.5 Å². The predicted molar refractivity (Wildman–Crippen MR) is 118 cm³/mol. The van der Waals surface area contributed by atoms with Gasteiger partial charge in [-0.1, -0.05) is 77.7 Å². The smallest absolute Gasteiger partial charge is 0.00477 e. The second-order valence-electron chi connectivity index (χ2n) is 11.7. The zero-order valence-corrected chi connectivity index (χ0v) is 18.8. The summed E-state index contributed by atoms with van der Waals surface area (Å²) < 4.78 is 0. The molecule has 7 atom stereocenters. The first kappa shape index (κ1) is 19.8. The third kappa shape index (κ3) is 3.28. The molecular formula is C27H44. The Balaban J connectivity index is 1.48. The van der Waals surface area contributed by atoms with Crippen LogP contribution in [-0.4, -0.2) is 0 Å². The number of allylic oxidation sites excluding steroid dienone is 4. The Bertz CT molecular complexity index is 595. The molecule has 0 unspecified atom stereocenters. The van der Waals surface area contributed by atoms with E-state index in [4.69, 9.17) is 0 Å². The maximum Gasteiger partial charge on any atom is -0.00477 e. The van der Waals surface area contributed by atoms with E-state index in [1.807, 2.05) is 0 Å². The van der Waals surface area contributed by atoms with E-state index in [-0.39, 0.29) is 0 Å². The molecule has 0 radical (unpaired) electrons. The summed E-state index contributed by atoms with van der Waals surface area (Å²) >= 11 is 0. The average Bonchev–Trinajstić information content (AvgIpc) is 2.98. The highest BCUT2D eigenvalue weighted by molar-refractivity contribution is 5.30. The highest BCUT2D eigenvalue weighted by Gasteiger charge is 2.58. The van der Waals surface area contributed by atoms with E-state index in [1.165, 1.54) is 64.2 Å². The van der Waals surface area contributed by atoms with Gasteiger partial charge in [0, 0.05) is 0 Å². The first-order valence-electron chi connectivity index (χ1n) is 12.2. The molecule has 0 heterocycles. The third-order valence-corrected chi connectivity index (χ3v) is 9.91. The van der Waals surface area contributed by atoms with Gasteiger partial charge in [-0.2, -0.15) is 0 Å². The lowest BCUT2D eigenvalue weighted by molar-refractivity contribution is -0.0547. The minimum Gasteiger partial charge on any atom is -0.0837 e. The molecule has 4 rings (SSSR count). The van der Waals surface area contributed by atoms with Gasteiger partial charge in [-0.15, -0.1) is 0 Å². The normalized spacial score (nSPS) is 44.4. The zero-order valence-electron chi connectivity index (χ0n) is 18.8. The summed E-state index contributed by atoms with van der Waals surface area (Å²) in [6, 6.07) is 0. The molecule has 0 aliphatic heterocycles. The topological polar surface area (TPSA) is 0 Å². The number of rotatable bonds is 5. The molecule has 4 aliphatic carbocycles. The Morgan fingerprint density at radius 1 is 1.00 bits per heavy atom. The Hall–Kier alpha value is -0.520. The lowest BCUT2D eigenvalue weighted by atomic mass is 9.47. The fourth-order valence-corrected chi connectivity index (χ4v) is 8.40. The van der Waals surface area contributed by atoms with E-state index in [2.05, 4.69) is 52.8 Å². The highest BCUT2D eigenvalue weighted by atomic mass is 14.6. The summed E-state index contributed by atoms with van der Waals surface area (Å²) in [7, 11) is 0. The van der Waals surface area contributed by atoms with Gasteiger partial charge in [0.1, 0.15) is 0 Å². The SMILES string of the molecule is CC(C)CCC[C@@H](C)[C@@H]1CC[C@@H]2[C@H]3CCC4=CC=CC[C@]4(C)[C@@H]3CC[C@]21C. The van der Waals surface area contributed by atoms with Crippen molar-refractivity contribution in [1.29, 1.82) is 0 Å². The molecule has 0 amide bonds. The molecule has 0 bridgehead atoms. The maximum atomic E-state index is 2.72. The minimum absolute atomic E-state index is 0.486. The lowest BCUT2D eigenvalue weighted by Crippen LogP contribution is -2.50. The average molecular weight is 369 g/mol. The van der Waals surface area contributed by atoms with Crippen molar-refractivity contribution in [3.63, 3.8) is 0 Å². The molecule has 0 aromatic rings. The Labute approximate surface area is 169 Å². The molecule has 0 spiro atoms. The fourth-order valence-electron chi connectivity index (χ4n) is 8.40. The summed E-state index contributed by atoms with van der Waals surface area (Å²) in [4.78, 5) is 0. The molecular weight excluding hydrogens is 324 g/mol. The van der Waals surface area contributed by atoms with Gasteiger partial charge in [0.05, 0.1) is 0 Å². The minimum atomic E-state index is 0.486. The van der Waals surface area contributed by atoms with Gasteiger partial charge in [0.15, 0.2) is 0 Å². The molecule has 27 heavy (non-hydrogen) atoms. The van der Waals surface area contributed by atoms with Crippen molar-refractivity contribution in [2.75, 3.05) is 0 Å². The molecule has 0 saturated heterocycles. The largest absolute Gasteiger partial charge is 0.0837 e. The van der Waals surface area contributed by atoms with Crippen LogP contribution in [0.25, 0.3) is 0 Å². The van der Waals surface area contributed by atoms with E-state index in [9.17, 15) is 0 Å². The molecule has 0 N–H and O–H groups in total. The monoisotopic (exact) mass is 368 g/mol. The van der Waals surface area contributed by atoms with Gasteiger partial charge < -0.3 is 0 Å². The fraction of sp³-hybridized carbons (Fsp3) is 0.852. The quantitative estimate of drug-likeness (QED) is 0.459. The zero-order chi connectivity index (χ0) is 19.2. The van der Waals surface area contributed by atoms with E-state index in [1.54, 1.807) is 5.57 Å². The first-order valence-corrected chi connectivity index (χ1v) is 12.2. The summed E-state index contributed by atoms with van der Waals surface area (Å²) in [5.74, 6) is 5.77. The van der Waals surface area contributed by atoms with E-state index in [0.29, 0.717) is 10.8 Å². The van der Waals surface area contributed by atoms with Crippen LogP contribution in [0.2, 0.25) is 0 Å². The maximum absolute atomic E-state index is 2.72. The third-order valence-electron chi connectivity index (χ3n) is 9.91. The first-order chi connectivity index (χ1) is 12.9. The Kier molecular flexibility index (Phi) is 5.41. The highest BCUT2D eigenvalue weighted by Crippen LogP contribution is 2.67. The van der Waals surface area contributed by atoms with Crippen molar-refractivity contribution in [1.82, 2.24) is 0 Å². The van der Waals surface area contributed by atoms with Crippen LogP contribution in [0.3, 0.4) is 0 Å². The molecule has 0 heteroatoms. The van der Waals surface area contributed by atoms with Crippen molar-refractivity contribution >= 4 is 0 Å². The van der Waals surface area contributed by atoms with Crippen LogP contribution >= 0.6 is 0 Å². The molecule has 4 aliphatic rings. The molecule has 0 nitrogen and oxygen atoms in total. The summed E-state index contributed by atoms with van der Waals surface area (Å²) in [5, 5.41) is 0. The lowest BCUT2D eigenvalue weighted by Gasteiger charge is -2.58. The van der Waals surface area contributed by atoms with Crippen LogP contribution in [0, 0.1) is 46.3 Å². The van der Waals surface area contributed by atoms with Crippen LogP contribution < -0.4 is 0 Å². The van der Waals surface area contributed by atoms with Crippen LogP contribution in [0.15, 0.2) is 23.8 Å². The summed E-state index contributed by atoms with van der Waals surface area (Å²) in [6.45, 7) is 12.7. The molecule has 0 aromatic heterocycles. The number of hydrogen-bond donors (Lipinski definition) is 0. The van der Waals surface area contributed by atoms with Gasteiger partial charge >= 0.3 is 0 Å². The number of hydrogen-bond acceptors (Lipinski definition) is 0. The Morgan fingerprint density at radius 3 is 2.59 bits per heavy atom. The second kappa shape index (κ2) is 7.38. The van der Waals surface area contributed by atoms with Gasteiger partial charge in [-0.05, 0) is 91.3 Å².